The van der Waals surface area contributed by atoms with Gasteiger partial charge < -0.3 is 15.4 Å². The van der Waals surface area contributed by atoms with Crippen LogP contribution in [0.4, 0.5) is 5.82 Å². The molecule has 1 aliphatic rings. The van der Waals surface area contributed by atoms with E-state index in [1.54, 1.807) is 11.0 Å². The molecule has 1 fully saturated rings. The number of rotatable bonds is 3. The number of nitrogen functional groups attached to an aromatic ring is 1. The smallest absolute Gasteiger partial charge is 0.254 e. The third kappa shape index (κ3) is 2.55. The molecule has 98 valence electrons. The molecule has 1 aromatic heterocycles. The number of carbonyl (C=O) groups excluding carboxylic acids is 1. The van der Waals surface area contributed by atoms with Crippen molar-refractivity contribution in [3.63, 3.8) is 0 Å². The summed E-state index contributed by atoms with van der Waals surface area (Å²) >= 11 is 5.82. The van der Waals surface area contributed by atoms with Gasteiger partial charge in [-0.05, 0) is 25.0 Å². The fraction of sp³-hybridized carbons (Fsp3) is 0.455. The van der Waals surface area contributed by atoms with Crippen molar-refractivity contribution in [2.24, 2.45) is 5.84 Å². The third-order valence-corrected chi connectivity index (χ3v) is 3.23. The minimum absolute atomic E-state index is 0.0213. The zero-order valence-electron chi connectivity index (χ0n) is 9.77. The molecule has 1 atom stereocenters. The molecule has 0 aliphatic carbocycles. The lowest BCUT2D eigenvalue weighted by Gasteiger charge is -2.23. The number of likely N-dealkylation sites (tertiary alicyclic amines) is 1. The van der Waals surface area contributed by atoms with Gasteiger partial charge in [0.1, 0.15) is 11.0 Å². The third-order valence-electron chi connectivity index (χ3n) is 3.04. The molecule has 0 saturated carbocycles. The number of nitrogens with one attached hydrogen (secondary N) is 1. The summed E-state index contributed by atoms with van der Waals surface area (Å²) in [5, 5.41) is 9.43. The first-order chi connectivity index (χ1) is 8.65. The SMILES string of the molecule is NNc1cc(C(=O)N2CCCC2CO)cc(Cl)n1. The Kier molecular flexibility index (Phi) is 4.00. The molecule has 0 spiro atoms. The predicted octanol–water partition coefficient (Wildman–Crippen LogP) is 0.617. The summed E-state index contributed by atoms with van der Waals surface area (Å²) in [6.45, 7) is 0.627. The Morgan fingerprint density at radius 3 is 3.11 bits per heavy atom. The molecule has 4 N–H and O–H groups in total. The van der Waals surface area contributed by atoms with Gasteiger partial charge in [0, 0.05) is 12.1 Å². The molecule has 0 radical (unpaired) electrons. The number of carbonyl (C=O) groups is 1. The molecule has 18 heavy (non-hydrogen) atoms. The highest BCUT2D eigenvalue weighted by Gasteiger charge is 2.29. The maximum absolute atomic E-state index is 12.3. The Hall–Kier alpha value is -1.37. The fourth-order valence-corrected chi connectivity index (χ4v) is 2.36. The maximum atomic E-state index is 12.3. The number of hydrogen-bond donors (Lipinski definition) is 3. The van der Waals surface area contributed by atoms with Crippen molar-refractivity contribution >= 4 is 23.3 Å². The fourth-order valence-electron chi connectivity index (χ4n) is 2.15. The van der Waals surface area contributed by atoms with Crippen LogP contribution in [0.2, 0.25) is 5.15 Å². The molecule has 0 aromatic carbocycles. The van der Waals surface area contributed by atoms with Crippen molar-refractivity contribution < 1.29 is 9.90 Å². The second kappa shape index (κ2) is 5.51. The lowest BCUT2D eigenvalue weighted by molar-refractivity contribution is 0.0677. The topological polar surface area (TPSA) is 91.5 Å². The Morgan fingerprint density at radius 1 is 1.67 bits per heavy atom. The first-order valence-electron chi connectivity index (χ1n) is 5.71. The van der Waals surface area contributed by atoms with E-state index in [1.807, 2.05) is 0 Å². The van der Waals surface area contributed by atoms with Crippen molar-refractivity contribution in [2.75, 3.05) is 18.6 Å². The number of nitrogens with zero attached hydrogens (tertiary/aromatic N) is 2. The maximum Gasteiger partial charge on any atom is 0.254 e. The average Bonchev–Trinajstić information content (AvgIpc) is 2.85. The molecule has 1 aromatic rings. The molecule has 2 heterocycles. The van der Waals surface area contributed by atoms with E-state index in [9.17, 15) is 9.90 Å². The van der Waals surface area contributed by atoms with Gasteiger partial charge >= 0.3 is 0 Å². The summed E-state index contributed by atoms with van der Waals surface area (Å²) in [6.07, 6.45) is 1.72. The molecule has 1 amide bonds. The van der Waals surface area contributed by atoms with Gasteiger partial charge in [0.05, 0.1) is 12.6 Å². The van der Waals surface area contributed by atoms with E-state index in [4.69, 9.17) is 17.4 Å². The summed E-state index contributed by atoms with van der Waals surface area (Å²) in [4.78, 5) is 17.9. The van der Waals surface area contributed by atoms with E-state index in [1.165, 1.54) is 6.07 Å². The van der Waals surface area contributed by atoms with E-state index < -0.39 is 0 Å². The first-order valence-corrected chi connectivity index (χ1v) is 6.09. The average molecular weight is 271 g/mol. The number of amides is 1. The lowest BCUT2D eigenvalue weighted by atomic mass is 10.2. The van der Waals surface area contributed by atoms with Gasteiger partial charge in [0.25, 0.3) is 5.91 Å². The highest BCUT2D eigenvalue weighted by molar-refractivity contribution is 6.29. The highest BCUT2D eigenvalue weighted by atomic mass is 35.5. The van der Waals surface area contributed by atoms with Crippen molar-refractivity contribution in [3.8, 4) is 0 Å². The van der Waals surface area contributed by atoms with Crippen LogP contribution in [0.15, 0.2) is 12.1 Å². The second-order valence-electron chi connectivity index (χ2n) is 4.19. The number of aliphatic hydroxyl groups is 1. The van der Waals surface area contributed by atoms with Crippen molar-refractivity contribution in [3.05, 3.63) is 22.8 Å². The zero-order valence-corrected chi connectivity index (χ0v) is 10.5. The van der Waals surface area contributed by atoms with E-state index in [-0.39, 0.29) is 23.7 Å². The second-order valence-corrected chi connectivity index (χ2v) is 4.57. The Labute approximate surface area is 110 Å². The number of aromatic nitrogens is 1. The van der Waals surface area contributed by atoms with Crippen molar-refractivity contribution in [2.45, 2.75) is 18.9 Å². The molecule has 7 heteroatoms. The number of anilines is 1. The number of halogens is 1. The molecule has 6 nitrogen and oxygen atoms in total. The summed E-state index contributed by atoms with van der Waals surface area (Å²) in [6, 6.07) is 2.93. The number of hydrogen-bond acceptors (Lipinski definition) is 5. The minimum atomic E-state index is -0.160. The number of nitrogens with two attached hydrogens (primary N) is 1. The number of aliphatic hydroxyl groups excluding tert-OH is 1. The molecule has 1 saturated heterocycles. The minimum Gasteiger partial charge on any atom is -0.394 e. The largest absolute Gasteiger partial charge is 0.394 e. The van der Waals surface area contributed by atoms with Gasteiger partial charge in [-0.1, -0.05) is 11.6 Å². The summed E-state index contributed by atoms with van der Waals surface area (Å²) in [5.74, 6) is 5.44. The van der Waals surface area contributed by atoms with Crippen LogP contribution in [0.25, 0.3) is 0 Å². The molecular weight excluding hydrogens is 256 g/mol. The van der Waals surface area contributed by atoms with Gasteiger partial charge in [0.2, 0.25) is 0 Å². The van der Waals surface area contributed by atoms with Gasteiger partial charge in [-0.3, -0.25) is 4.79 Å². The van der Waals surface area contributed by atoms with Crippen molar-refractivity contribution in [1.82, 2.24) is 9.88 Å². The van der Waals surface area contributed by atoms with Crippen LogP contribution in [0.1, 0.15) is 23.2 Å². The van der Waals surface area contributed by atoms with E-state index in [2.05, 4.69) is 10.4 Å². The predicted molar refractivity (Wildman–Crippen MR) is 68.2 cm³/mol. The van der Waals surface area contributed by atoms with Gasteiger partial charge in [-0.25, -0.2) is 10.8 Å². The van der Waals surface area contributed by atoms with Gasteiger partial charge in [0.15, 0.2) is 0 Å². The van der Waals surface area contributed by atoms with Crippen LogP contribution in [0.3, 0.4) is 0 Å². The van der Waals surface area contributed by atoms with Gasteiger partial charge in [-0.15, -0.1) is 0 Å². The van der Waals surface area contributed by atoms with Crippen LogP contribution >= 0.6 is 11.6 Å². The molecule has 1 aliphatic heterocycles. The van der Waals surface area contributed by atoms with E-state index in [0.717, 1.165) is 12.8 Å². The Morgan fingerprint density at radius 2 is 2.44 bits per heavy atom. The van der Waals surface area contributed by atoms with Crippen LogP contribution < -0.4 is 11.3 Å². The number of pyridine rings is 1. The van der Waals surface area contributed by atoms with Crippen molar-refractivity contribution in [1.29, 1.82) is 0 Å². The van der Waals surface area contributed by atoms with Crippen LogP contribution in [0, 0.1) is 0 Å². The van der Waals surface area contributed by atoms with Crippen LogP contribution in [0.5, 0.6) is 0 Å². The van der Waals surface area contributed by atoms with E-state index >= 15 is 0 Å². The van der Waals surface area contributed by atoms with E-state index in [0.29, 0.717) is 17.9 Å². The first kappa shape index (κ1) is 13.1. The monoisotopic (exact) mass is 270 g/mol. The molecule has 1 unspecified atom stereocenters. The summed E-state index contributed by atoms with van der Waals surface area (Å²) in [5.41, 5.74) is 2.78. The van der Waals surface area contributed by atoms with Gasteiger partial charge in [-0.2, -0.15) is 0 Å². The van der Waals surface area contributed by atoms with Crippen LogP contribution in [-0.4, -0.2) is 40.1 Å². The highest BCUT2D eigenvalue weighted by Crippen LogP contribution is 2.22. The lowest BCUT2D eigenvalue weighted by Crippen LogP contribution is -2.37. The summed E-state index contributed by atoms with van der Waals surface area (Å²) in [7, 11) is 0. The molecule has 0 bridgehead atoms. The quantitative estimate of drug-likeness (QED) is 0.425. The summed E-state index contributed by atoms with van der Waals surface area (Å²) < 4.78 is 0. The normalized spacial score (nSPS) is 19.1. The Balaban J connectivity index is 2.25. The zero-order chi connectivity index (χ0) is 13.1. The molecular formula is C11H15ClN4O2. The number of hydrazine groups is 1. The Bertz CT molecular complexity index is 455. The molecule has 2 rings (SSSR count). The standard InChI is InChI=1S/C11H15ClN4O2/c12-9-4-7(5-10(14-9)15-13)11(18)16-3-1-2-8(16)6-17/h4-5,8,17H,1-3,6,13H2,(H,14,15). The van der Waals surface area contributed by atoms with Crippen LogP contribution in [-0.2, 0) is 0 Å².